The van der Waals surface area contributed by atoms with Crippen molar-refractivity contribution in [2.24, 2.45) is 0 Å². The van der Waals surface area contributed by atoms with Gasteiger partial charge < -0.3 is 15.2 Å². The average Bonchev–Trinajstić information content (AvgIpc) is 3.57. The summed E-state index contributed by atoms with van der Waals surface area (Å²) in [6, 6.07) is 22.4. The van der Waals surface area contributed by atoms with Gasteiger partial charge in [0.2, 0.25) is 5.91 Å². The summed E-state index contributed by atoms with van der Waals surface area (Å²) < 4.78 is 1.93. The average molecular weight is 559 g/mol. The third-order valence-electron chi connectivity index (χ3n) is 6.35. The number of thioether (sulfide) groups is 1. The molecule has 2 aromatic heterocycles. The molecule has 0 radical (unpaired) electrons. The maximum absolute atomic E-state index is 12.8. The summed E-state index contributed by atoms with van der Waals surface area (Å²) in [6.07, 6.45) is 1.91. The Labute approximate surface area is 235 Å². The van der Waals surface area contributed by atoms with Crippen LogP contribution in [0.4, 0.5) is 5.69 Å². The number of para-hydroxylation sites is 1. The van der Waals surface area contributed by atoms with Gasteiger partial charge in [-0.3, -0.25) is 14.2 Å². The van der Waals surface area contributed by atoms with E-state index in [0.717, 1.165) is 22.2 Å². The van der Waals surface area contributed by atoms with Crippen molar-refractivity contribution in [2.75, 3.05) is 24.2 Å². The molecule has 0 spiro atoms. The molecular formula is C29H27ClN6O2S. The van der Waals surface area contributed by atoms with Crippen LogP contribution in [0.15, 0.2) is 84.1 Å². The van der Waals surface area contributed by atoms with E-state index in [0.29, 0.717) is 40.3 Å². The van der Waals surface area contributed by atoms with Gasteiger partial charge in [0.15, 0.2) is 11.0 Å². The van der Waals surface area contributed by atoms with E-state index in [1.807, 2.05) is 73.1 Å². The fourth-order valence-corrected chi connectivity index (χ4v) is 5.21. The van der Waals surface area contributed by atoms with E-state index in [9.17, 15) is 9.59 Å². The first-order chi connectivity index (χ1) is 19.0. The second-order valence-electron chi connectivity index (χ2n) is 8.76. The summed E-state index contributed by atoms with van der Waals surface area (Å²) in [4.78, 5) is 30.4. The Morgan fingerprint density at radius 3 is 2.41 bits per heavy atom. The van der Waals surface area contributed by atoms with Gasteiger partial charge in [-0.1, -0.05) is 41.6 Å². The molecule has 0 saturated carbocycles. The Hall–Kier alpha value is -4.08. The first kappa shape index (κ1) is 26.5. The Bertz CT molecular complexity index is 1610. The summed E-state index contributed by atoms with van der Waals surface area (Å²) in [7, 11) is 0. The molecule has 198 valence electrons. The fourth-order valence-electron chi connectivity index (χ4n) is 4.33. The highest BCUT2D eigenvalue weighted by Crippen LogP contribution is 2.32. The topological polar surface area (TPSA) is 95.9 Å². The molecule has 3 aromatic carbocycles. The van der Waals surface area contributed by atoms with Crippen molar-refractivity contribution in [1.29, 1.82) is 0 Å². The minimum absolute atomic E-state index is 0.0269. The monoisotopic (exact) mass is 558 g/mol. The lowest BCUT2D eigenvalue weighted by Gasteiger charge is -2.18. The van der Waals surface area contributed by atoms with Crippen LogP contribution in [0.1, 0.15) is 24.2 Å². The zero-order chi connectivity index (χ0) is 27.4. The molecule has 0 aliphatic heterocycles. The molecule has 0 fully saturated rings. The Morgan fingerprint density at radius 1 is 0.974 bits per heavy atom. The largest absolute Gasteiger partial charge is 0.360 e. The second kappa shape index (κ2) is 11.8. The second-order valence-corrected chi connectivity index (χ2v) is 10.1. The summed E-state index contributed by atoms with van der Waals surface area (Å²) >= 11 is 7.43. The molecule has 10 heteroatoms. The molecule has 39 heavy (non-hydrogen) atoms. The third kappa shape index (κ3) is 5.69. The summed E-state index contributed by atoms with van der Waals surface area (Å²) in [5, 5.41) is 14.0. The number of hydrogen-bond donors (Lipinski definition) is 2. The number of amides is 2. The third-order valence-corrected chi connectivity index (χ3v) is 7.53. The lowest BCUT2D eigenvalue weighted by molar-refractivity contribution is -0.113. The zero-order valence-electron chi connectivity index (χ0n) is 21.5. The number of rotatable bonds is 9. The van der Waals surface area contributed by atoms with E-state index in [-0.39, 0.29) is 17.6 Å². The first-order valence-electron chi connectivity index (χ1n) is 12.6. The van der Waals surface area contributed by atoms with Crippen LogP contribution in [0.25, 0.3) is 28.0 Å². The summed E-state index contributed by atoms with van der Waals surface area (Å²) in [6.45, 7) is 5.19. The van der Waals surface area contributed by atoms with Gasteiger partial charge in [-0.15, -0.1) is 10.2 Å². The lowest BCUT2D eigenvalue weighted by Crippen LogP contribution is -2.30. The fraction of sp³-hybridized carbons (Fsp3) is 0.172. The SMILES string of the molecule is CCN(CC)C(=O)c1ccc(NC(=O)CSc2nnc(-c3c[nH]c4ccccc34)n2-c2ccc(Cl)cc2)cc1. The van der Waals surface area contributed by atoms with Crippen LogP contribution in [-0.4, -0.2) is 55.3 Å². The minimum Gasteiger partial charge on any atom is -0.360 e. The number of fused-ring (bicyclic) bond motifs is 1. The molecule has 0 aliphatic carbocycles. The van der Waals surface area contributed by atoms with E-state index >= 15 is 0 Å². The number of carbonyl (C=O) groups is 2. The molecule has 0 unspecified atom stereocenters. The molecular weight excluding hydrogens is 532 g/mol. The highest BCUT2D eigenvalue weighted by Gasteiger charge is 2.20. The van der Waals surface area contributed by atoms with Gasteiger partial charge >= 0.3 is 0 Å². The maximum atomic E-state index is 12.8. The van der Waals surface area contributed by atoms with E-state index in [2.05, 4.69) is 20.5 Å². The molecule has 0 bridgehead atoms. The van der Waals surface area contributed by atoms with E-state index in [4.69, 9.17) is 11.6 Å². The zero-order valence-corrected chi connectivity index (χ0v) is 23.1. The maximum Gasteiger partial charge on any atom is 0.253 e. The van der Waals surface area contributed by atoms with Crippen LogP contribution in [0.2, 0.25) is 5.02 Å². The van der Waals surface area contributed by atoms with E-state index in [1.54, 1.807) is 29.2 Å². The standard InChI is InChI=1S/C29H27ClN6O2S/c1-3-35(4-2)28(38)19-9-13-21(14-10-19)32-26(37)18-39-29-34-33-27(36(29)22-15-11-20(30)12-16-22)24-17-31-25-8-6-5-7-23(24)25/h5-17,31H,3-4,18H2,1-2H3,(H,32,37). The molecule has 8 nitrogen and oxygen atoms in total. The number of nitrogens with zero attached hydrogens (tertiary/aromatic N) is 4. The lowest BCUT2D eigenvalue weighted by atomic mass is 10.1. The van der Waals surface area contributed by atoms with Gasteiger partial charge in [0.25, 0.3) is 5.91 Å². The number of benzene rings is 3. The molecule has 0 atom stereocenters. The number of carbonyl (C=O) groups excluding carboxylic acids is 2. The van der Waals surface area contributed by atoms with Crippen LogP contribution in [0.5, 0.6) is 0 Å². The number of H-pyrrole nitrogens is 1. The molecule has 0 saturated heterocycles. The molecule has 5 rings (SSSR count). The van der Waals surface area contributed by atoms with Gasteiger partial charge in [0.05, 0.1) is 5.75 Å². The van der Waals surface area contributed by atoms with Crippen molar-refractivity contribution in [1.82, 2.24) is 24.6 Å². The smallest absolute Gasteiger partial charge is 0.253 e. The van der Waals surface area contributed by atoms with Crippen molar-refractivity contribution < 1.29 is 9.59 Å². The minimum atomic E-state index is -0.192. The van der Waals surface area contributed by atoms with Gasteiger partial charge in [-0.25, -0.2) is 0 Å². The Kier molecular flexibility index (Phi) is 7.99. The summed E-state index contributed by atoms with van der Waals surface area (Å²) in [5.41, 5.74) is 3.95. The van der Waals surface area contributed by atoms with Crippen molar-refractivity contribution in [3.05, 3.63) is 89.6 Å². The van der Waals surface area contributed by atoms with Crippen LogP contribution < -0.4 is 5.32 Å². The number of aromatic amines is 1. The van der Waals surface area contributed by atoms with E-state index < -0.39 is 0 Å². The van der Waals surface area contributed by atoms with Crippen molar-refractivity contribution >= 4 is 51.8 Å². The van der Waals surface area contributed by atoms with Crippen LogP contribution in [-0.2, 0) is 4.79 Å². The number of hydrogen-bond acceptors (Lipinski definition) is 5. The van der Waals surface area contributed by atoms with Crippen LogP contribution >= 0.6 is 23.4 Å². The Morgan fingerprint density at radius 2 is 1.69 bits per heavy atom. The van der Waals surface area contributed by atoms with E-state index in [1.165, 1.54) is 11.8 Å². The molecule has 2 N–H and O–H groups in total. The highest BCUT2D eigenvalue weighted by atomic mass is 35.5. The van der Waals surface area contributed by atoms with Gasteiger partial charge in [-0.05, 0) is 68.4 Å². The van der Waals surface area contributed by atoms with Crippen LogP contribution in [0.3, 0.4) is 0 Å². The number of halogens is 1. The first-order valence-corrected chi connectivity index (χ1v) is 13.9. The van der Waals surface area contributed by atoms with Gasteiger partial charge in [-0.2, -0.15) is 0 Å². The molecule has 5 aromatic rings. The van der Waals surface area contributed by atoms with Crippen molar-refractivity contribution in [2.45, 2.75) is 19.0 Å². The van der Waals surface area contributed by atoms with Gasteiger partial charge in [0, 0.05) is 57.7 Å². The molecule has 2 heterocycles. The van der Waals surface area contributed by atoms with Crippen LogP contribution in [0, 0.1) is 0 Å². The quantitative estimate of drug-likeness (QED) is 0.207. The number of anilines is 1. The summed E-state index contributed by atoms with van der Waals surface area (Å²) in [5.74, 6) is 0.564. The van der Waals surface area contributed by atoms with Gasteiger partial charge in [0.1, 0.15) is 0 Å². The molecule has 0 aliphatic rings. The number of aromatic nitrogens is 4. The highest BCUT2D eigenvalue weighted by molar-refractivity contribution is 7.99. The van der Waals surface area contributed by atoms with Crippen molar-refractivity contribution in [3.63, 3.8) is 0 Å². The Balaban J connectivity index is 1.35. The number of nitrogens with one attached hydrogen (secondary N) is 2. The predicted octanol–water partition coefficient (Wildman–Crippen LogP) is 6.28. The predicted molar refractivity (Wildman–Crippen MR) is 157 cm³/mol. The normalized spacial score (nSPS) is 11.1. The molecule has 2 amide bonds. The van der Waals surface area contributed by atoms with Crippen molar-refractivity contribution in [3.8, 4) is 17.1 Å².